The van der Waals surface area contributed by atoms with Crippen LogP contribution in [0.2, 0.25) is 0 Å². The van der Waals surface area contributed by atoms with Crippen molar-refractivity contribution in [3.63, 3.8) is 0 Å². The van der Waals surface area contributed by atoms with Gasteiger partial charge in [0.2, 0.25) is 0 Å². The molecule has 0 unspecified atom stereocenters. The van der Waals surface area contributed by atoms with Crippen molar-refractivity contribution in [3.8, 4) is 0 Å². The molecule has 0 saturated carbocycles. The SMILES string of the molecule is O=C(CN(c1cccc(C(F)(F)F)c1)S(=O)(=O)c1ccccc1)NN=Cc1cccc2ccccc12. The van der Waals surface area contributed by atoms with Crippen molar-refractivity contribution >= 4 is 38.6 Å². The second-order valence-corrected chi connectivity index (χ2v) is 9.60. The normalized spacial score (nSPS) is 12.1. The Hall–Kier alpha value is -4.18. The molecule has 1 N–H and O–H groups in total. The van der Waals surface area contributed by atoms with Gasteiger partial charge >= 0.3 is 6.18 Å². The van der Waals surface area contributed by atoms with Crippen LogP contribution in [-0.4, -0.2) is 27.1 Å². The summed E-state index contributed by atoms with van der Waals surface area (Å²) in [6.45, 7) is -0.786. The predicted molar refractivity (Wildman–Crippen MR) is 132 cm³/mol. The van der Waals surface area contributed by atoms with Gasteiger partial charge in [-0.05, 0) is 41.1 Å². The minimum Gasteiger partial charge on any atom is -0.271 e. The number of rotatable bonds is 7. The topological polar surface area (TPSA) is 78.8 Å². The molecule has 0 aromatic heterocycles. The van der Waals surface area contributed by atoms with Crippen molar-refractivity contribution in [1.29, 1.82) is 0 Å². The zero-order chi connectivity index (χ0) is 25.8. The van der Waals surface area contributed by atoms with Crippen LogP contribution in [0.25, 0.3) is 10.8 Å². The van der Waals surface area contributed by atoms with Crippen LogP contribution in [0.4, 0.5) is 18.9 Å². The van der Waals surface area contributed by atoms with Gasteiger partial charge in [0.1, 0.15) is 6.54 Å². The van der Waals surface area contributed by atoms with Crippen molar-refractivity contribution < 1.29 is 26.4 Å². The van der Waals surface area contributed by atoms with E-state index in [-0.39, 0.29) is 10.6 Å². The molecule has 0 aliphatic rings. The van der Waals surface area contributed by atoms with E-state index in [9.17, 15) is 26.4 Å². The Kier molecular flexibility index (Phi) is 7.07. The summed E-state index contributed by atoms with van der Waals surface area (Å²) < 4.78 is 67.1. The summed E-state index contributed by atoms with van der Waals surface area (Å²) >= 11 is 0. The van der Waals surface area contributed by atoms with Crippen LogP contribution in [0.3, 0.4) is 0 Å². The Morgan fingerprint density at radius 1 is 0.889 bits per heavy atom. The Labute approximate surface area is 205 Å². The molecule has 10 heteroatoms. The lowest BCUT2D eigenvalue weighted by atomic mass is 10.1. The third-order valence-corrected chi connectivity index (χ3v) is 7.08. The second-order valence-electron chi connectivity index (χ2n) is 7.73. The fourth-order valence-corrected chi connectivity index (χ4v) is 5.01. The van der Waals surface area contributed by atoms with Gasteiger partial charge in [-0.3, -0.25) is 9.10 Å². The average Bonchev–Trinajstić information content (AvgIpc) is 2.87. The highest BCUT2D eigenvalue weighted by Crippen LogP contribution is 2.33. The van der Waals surface area contributed by atoms with Crippen molar-refractivity contribution in [2.24, 2.45) is 5.10 Å². The first-order valence-electron chi connectivity index (χ1n) is 10.7. The molecule has 0 spiro atoms. The van der Waals surface area contributed by atoms with Crippen molar-refractivity contribution in [2.45, 2.75) is 11.1 Å². The summed E-state index contributed by atoms with van der Waals surface area (Å²) in [6, 6.07) is 24.1. The highest BCUT2D eigenvalue weighted by molar-refractivity contribution is 7.92. The van der Waals surface area contributed by atoms with E-state index >= 15 is 0 Å². The van der Waals surface area contributed by atoms with E-state index in [1.807, 2.05) is 36.4 Å². The van der Waals surface area contributed by atoms with Gasteiger partial charge in [-0.2, -0.15) is 18.3 Å². The first-order valence-corrected chi connectivity index (χ1v) is 12.1. The van der Waals surface area contributed by atoms with Gasteiger partial charge in [0.05, 0.1) is 22.4 Å². The summed E-state index contributed by atoms with van der Waals surface area (Å²) in [6.07, 6.45) is -3.27. The Bertz CT molecular complexity index is 1520. The number of alkyl halides is 3. The summed E-state index contributed by atoms with van der Waals surface area (Å²) in [5.74, 6) is -0.830. The highest BCUT2D eigenvalue weighted by Gasteiger charge is 2.33. The largest absolute Gasteiger partial charge is 0.416 e. The number of halogens is 3. The minimum absolute atomic E-state index is 0.172. The van der Waals surface area contributed by atoms with Gasteiger partial charge in [-0.25, -0.2) is 13.8 Å². The molecule has 0 saturated heterocycles. The zero-order valence-corrected chi connectivity index (χ0v) is 19.5. The molecule has 0 aliphatic carbocycles. The Morgan fingerprint density at radius 3 is 2.31 bits per heavy atom. The summed E-state index contributed by atoms with van der Waals surface area (Å²) in [5, 5.41) is 5.79. The molecule has 0 heterocycles. The number of amides is 1. The molecule has 0 radical (unpaired) electrons. The summed E-state index contributed by atoms with van der Waals surface area (Å²) in [7, 11) is -4.36. The van der Waals surface area contributed by atoms with E-state index in [1.165, 1.54) is 36.5 Å². The van der Waals surface area contributed by atoms with Gasteiger partial charge in [-0.15, -0.1) is 0 Å². The number of carbonyl (C=O) groups excluding carboxylic acids is 1. The van der Waals surface area contributed by atoms with E-state index in [2.05, 4.69) is 10.5 Å². The smallest absolute Gasteiger partial charge is 0.271 e. The van der Waals surface area contributed by atoms with Gasteiger partial charge in [-0.1, -0.05) is 66.7 Å². The number of hydrogen-bond acceptors (Lipinski definition) is 4. The van der Waals surface area contributed by atoms with E-state index in [0.29, 0.717) is 10.4 Å². The molecule has 0 fully saturated rings. The summed E-state index contributed by atoms with van der Waals surface area (Å²) in [5.41, 5.74) is 1.65. The molecule has 4 aromatic carbocycles. The molecule has 0 bridgehead atoms. The fraction of sp³-hybridized carbons (Fsp3) is 0.0769. The first-order chi connectivity index (χ1) is 17.2. The lowest BCUT2D eigenvalue weighted by Gasteiger charge is -2.24. The second kappa shape index (κ2) is 10.2. The van der Waals surface area contributed by atoms with Crippen LogP contribution in [0.15, 0.2) is 107 Å². The molecule has 4 rings (SSSR count). The van der Waals surface area contributed by atoms with Crippen molar-refractivity contribution in [3.05, 3.63) is 108 Å². The van der Waals surface area contributed by atoms with Gasteiger partial charge < -0.3 is 0 Å². The van der Waals surface area contributed by atoms with Crippen molar-refractivity contribution in [2.75, 3.05) is 10.8 Å². The number of sulfonamides is 1. The van der Waals surface area contributed by atoms with Crippen LogP contribution in [0.1, 0.15) is 11.1 Å². The zero-order valence-electron chi connectivity index (χ0n) is 18.7. The number of nitrogens with one attached hydrogen (secondary N) is 1. The number of hydrazone groups is 1. The van der Waals surface area contributed by atoms with Gasteiger partial charge in [0, 0.05) is 5.56 Å². The van der Waals surface area contributed by atoms with Crippen LogP contribution < -0.4 is 9.73 Å². The molecule has 0 atom stereocenters. The molecule has 0 aliphatic heterocycles. The van der Waals surface area contributed by atoms with E-state index < -0.39 is 34.2 Å². The number of nitrogens with zero attached hydrogens (tertiary/aromatic N) is 2. The maximum absolute atomic E-state index is 13.3. The molecule has 1 amide bonds. The van der Waals surface area contributed by atoms with E-state index in [1.54, 1.807) is 12.1 Å². The first kappa shape index (κ1) is 24.9. The Morgan fingerprint density at radius 2 is 1.56 bits per heavy atom. The lowest BCUT2D eigenvalue weighted by Crippen LogP contribution is -2.39. The van der Waals surface area contributed by atoms with Crippen LogP contribution in [0, 0.1) is 0 Å². The number of fused-ring (bicyclic) bond motifs is 1. The van der Waals surface area contributed by atoms with Crippen molar-refractivity contribution in [1.82, 2.24) is 5.43 Å². The number of carbonyl (C=O) groups is 1. The van der Waals surface area contributed by atoms with Gasteiger partial charge in [0.15, 0.2) is 0 Å². The van der Waals surface area contributed by atoms with Crippen LogP contribution in [0.5, 0.6) is 0 Å². The van der Waals surface area contributed by atoms with E-state index in [4.69, 9.17) is 0 Å². The maximum Gasteiger partial charge on any atom is 0.416 e. The molecule has 6 nitrogen and oxygen atoms in total. The molecule has 4 aromatic rings. The molecular weight excluding hydrogens is 491 g/mol. The van der Waals surface area contributed by atoms with Crippen LogP contribution >= 0.6 is 0 Å². The highest BCUT2D eigenvalue weighted by atomic mass is 32.2. The maximum atomic E-state index is 13.3. The average molecular weight is 512 g/mol. The number of benzene rings is 4. The minimum atomic E-state index is -4.69. The quantitative estimate of drug-likeness (QED) is 0.274. The lowest BCUT2D eigenvalue weighted by molar-refractivity contribution is -0.137. The number of hydrogen-bond donors (Lipinski definition) is 1. The molecular formula is C26H20F3N3O3S. The molecule has 184 valence electrons. The third-order valence-electron chi connectivity index (χ3n) is 5.30. The standard InChI is InChI=1S/C26H20F3N3O3S/c27-26(28,29)21-11-7-12-22(16-21)32(36(34,35)23-13-2-1-3-14-23)18-25(33)31-30-17-20-10-6-9-19-8-4-5-15-24(19)20/h1-17H,18H2,(H,31,33). The Balaban J connectivity index is 1.62. The van der Waals surface area contributed by atoms with Crippen LogP contribution in [-0.2, 0) is 21.0 Å². The summed E-state index contributed by atoms with van der Waals surface area (Å²) in [4.78, 5) is 12.5. The fourth-order valence-electron chi connectivity index (χ4n) is 3.57. The monoisotopic (exact) mass is 511 g/mol. The molecule has 36 heavy (non-hydrogen) atoms. The third kappa shape index (κ3) is 5.55. The van der Waals surface area contributed by atoms with E-state index in [0.717, 1.165) is 28.5 Å². The number of anilines is 1. The van der Waals surface area contributed by atoms with Gasteiger partial charge in [0.25, 0.3) is 15.9 Å². The predicted octanol–water partition coefficient (Wildman–Crippen LogP) is 5.20.